The quantitative estimate of drug-likeness (QED) is 0.0550. The number of nitrogens with zero attached hydrogens (tertiary/aromatic N) is 2. The topological polar surface area (TPSA) is 74.8 Å². The van der Waals surface area contributed by atoms with Crippen molar-refractivity contribution in [1.82, 2.24) is 9.80 Å². The van der Waals surface area contributed by atoms with Crippen LogP contribution in [0, 0.1) is 11.8 Å². The lowest BCUT2D eigenvalue weighted by Crippen LogP contribution is -2.43. The second-order valence-electron chi connectivity index (χ2n) is 19.6. The molecule has 0 saturated carbocycles. The van der Waals surface area contributed by atoms with Crippen LogP contribution in [0.15, 0.2) is 146 Å². The van der Waals surface area contributed by atoms with Crippen LogP contribution in [0.3, 0.4) is 0 Å². The van der Waals surface area contributed by atoms with Crippen molar-refractivity contribution in [1.29, 1.82) is 0 Å². The van der Waals surface area contributed by atoms with Gasteiger partial charge in [0.1, 0.15) is 0 Å². The molecule has 2 unspecified atom stereocenters. The Morgan fingerprint density at radius 2 is 0.586 bits per heavy atom. The van der Waals surface area contributed by atoms with Crippen LogP contribution in [-0.4, -0.2) is 46.5 Å². The molecule has 0 bridgehead atoms. The summed E-state index contributed by atoms with van der Waals surface area (Å²) in [6.07, 6.45) is 7.72. The summed E-state index contributed by atoms with van der Waals surface area (Å²) in [5, 5.41) is 6.46. The minimum absolute atomic E-state index is 0.170. The van der Waals surface area contributed by atoms with Crippen LogP contribution in [-0.2, 0) is 0 Å². The first-order chi connectivity index (χ1) is 34.3. The first-order valence-electron chi connectivity index (χ1n) is 25.6. The number of hydrogen-bond acceptors (Lipinski definition) is 4. The van der Waals surface area contributed by atoms with Gasteiger partial charge in [0.2, 0.25) is 0 Å². The fourth-order valence-corrected chi connectivity index (χ4v) is 11.8. The van der Waals surface area contributed by atoms with Gasteiger partial charge < -0.3 is 0 Å². The number of unbranched alkanes of at least 4 members (excludes halogenated alkanes) is 2. The zero-order valence-corrected chi connectivity index (χ0v) is 40.6. The molecule has 2 aliphatic heterocycles. The number of fused-ring (bicyclic) bond motifs is 2. The molecule has 70 heavy (non-hydrogen) atoms. The third-order valence-corrected chi connectivity index (χ3v) is 15.5. The summed E-state index contributed by atoms with van der Waals surface area (Å²) in [5.74, 6) is -0.780. The monoisotopic (exact) mass is 918 g/mol. The van der Waals surface area contributed by atoms with Gasteiger partial charge in [-0.1, -0.05) is 188 Å². The molecule has 6 heteroatoms. The minimum atomic E-state index is -0.280. The molecule has 9 aromatic rings. The summed E-state index contributed by atoms with van der Waals surface area (Å²) in [4.78, 5) is 64.8. The Balaban J connectivity index is 1.38. The van der Waals surface area contributed by atoms with Crippen LogP contribution in [0.25, 0.3) is 87.6 Å². The van der Waals surface area contributed by atoms with E-state index in [-0.39, 0.29) is 35.5 Å². The molecule has 11 rings (SSSR count). The molecule has 0 spiro atoms. The van der Waals surface area contributed by atoms with Crippen molar-refractivity contribution in [2.24, 2.45) is 11.8 Å². The second kappa shape index (κ2) is 18.5. The summed E-state index contributed by atoms with van der Waals surface area (Å²) >= 11 is 0. The molecule has 0 N–H and O–H groups in total. The predicted octanol–water partition coefficient (Wildman–Crippen LogP) is 16.0. The van der Waals surface area contributed by atoms with E-state index in [9.17, 15) is 0 Å². The molecule has 348 valence electrons. The average Bonchev–Trinajstić information content (AvgIpc) is 3.41. The Labute approximate surface area is 410 Å². The first kappa shape index (κ1) is 45.0. The Bertz CT molecular complexity index is 3070. The third-order valence-electron chi connectivity index (χ3n) is 15.5. The van der Waals surface area contributed by atoms with Crippen LogP contribution < -0.4 is 0 Å². The minimum Gasteiger partial charge on any atom is -0.274 e. The molecule has 0 aromatic heterocycles. The summed E-state index contributed by atoms with van der Waals surface area (Å²) < 4.78 is 0. The van der Waals surface area contributed by atoms with Crippen molar-refractivity contribution in [3.8, 4) is 44.5 Å². The van der Waals surface area contributed by atoms with E-state index in [2.05, 4.69) is 76.2 Å². The van der Waals surface area contributed by atoms with Crippen molar-refractivity contribution >= 4 is 66.7 Å². The molecule has 0 fully saturated rings. The zero-order chi connectivity index (χ0) is 48.2. The number of benzene rings is 9. The van der Waals surface area contributed by atoms with Gasteiger partial charge in [-0.25, -0.2) is 0 Å². The maximum Gasteiger partial charge on any atom is 0.261 e. The van der Waals surface area contributed by atoms with Crippen molar-refractivity contribution in [2.45, 2.75) is 79.1 Å². The van der Waals surface area contributed by atoms with E-state index in [0.717, 1.165) is 128 Å². The Morgan fingerprint density at radius 3 is 0.814 bits per heavy atom. The summed E-state index contributed by atoms with van der Waals surface area (Å²) in [7, 11) is 0. The van der Waals surface area contributed by atoms with Crippen LogP contribution in [0.5, 0.6) is 0 Å². The summed E-state index contributed by atoms with van der Waals surface area (Å²) in [6.45, 7) is 9.35. The highest BCUT2D eigenvalue weighted by molar-refractivity contribution is 6.47. The normalized spacial score (nSPS) is 14.5. The predicted molar refractivity (Wildman–Crippen MR) is 287 cm³/mol. The van der Waals surface area contributed by atoms with Gasteiger partial charge in [0, 0.05) is 56.9 Å². The summed E-state index contributed by atoms with van der Waals surface area (Å²) in [5.41, 5.74) is 9.09. The van der Waals surface area contributed by atoms with Gasteiger partial charge >= 0.3 is 0 Å². The van der Waals surface area contributed by atoms with Crippen molar-refractivity contribution in [3.63, 3.8) is 0 Å². The highest BCUT2D eigenvalue weighted by Crippen LogP contribution is 2.56. The molecule has 2 aliphatic rings. The fraction of sp³-hybridized carbons (Fsp3) is 0.250. The molecular weight excluding hydrogens is 861 g/mol. The number of hydrogen-bond donors (Lipinski definition) is 0. The van der Waals surface area contributed by atoms with Gasteiger partial charge in [0.15, 0.2) is 0 Å². The first-order valence-corrected chi connectivity index (χ1v) is 25.6. The van der Waals surface area contributed by atoms with E-state index < -0.39 is 0 Å². The third kappa shape index (κ3) is 7.21. The number of imide groups is 2. The molecule has 2 atom stereocenters. The van der Waals surface area contributed by atoms with Gasteiger partial charge in [0.25, 0.3) is 23.6 Å². The Hall–Kier alpha value is -7.44. The van der Waals surface area contributed by atoms with Crippen molar-refractivity contribution in [2.75, 3.05) is 13.1 Å². The number of carbonyl (C=O) groups is 4. The standard InChI is InChI=1S/C64H58N2O4/c1-5-9-23-39(7-3)37-65-61(67)49-33-45(41-25-15-11-16-26-41)55-57-47(43-29-19-13-20-30-43)35-51-54-52(64(70)66(63(51)69)38-40(8-4)24-10-6-2)36-48(44-31-21-14-22-32-44)58(60(54)57)56-46(42-27-17-12-18-28-42)34-50(62(65)68)53(49)59(55)56/h11-22,25-36,39-40H,5-10,23-24,37-38H2,1-4H3. The molecule has 6 nitrogen and oxygen atoms in total. The lowest BCUT2D eigenvalue weighted by Gasteiger charge is -2.34. The van der Waals surface area contributed by atoms with E-state index in [4.69, 9.17) is 0 Å². The van der Waals surface area contributed by atoms with Crippen molar-refractivity contribution < 1.29 is 19.2 Å². The molecular formula is C64H58N2O4. The van der Waals surface area contributed by atoms with Gasteiger partial charge in [-0.15, -0.1) is 0 Å². The average molecular weight is 919 g/mol. The lowest BCUT2D eigenvalue weighted by molar-refractivity contribution is 0.0565. The van der Waals surface area contributed by atoms with Gasteiger partial charge in [-0.3, -0.25) is 29.0 Å². The van der Waals surface area contributed by atoms with Gasteiger partial charge in [-0.2, -0.15) is 0 Å². The maximum atomic E-state index is 15.4. The fourth-order valence-electron chi connectivity index (χ4n) is 11.8. The van der Waals surface area contributed by atoms with Crippen LogP contribution in [0.4, 0.5) is 0 Å². The van der Waals surface area contributed by atoms with E-state index in [0.29, 0.717) is 46.1 Å². The molecule has 0 radical (unpaired) electrons. The number of rotatable bonds is 16. The van der Waals surface area contributed by atoms with E-state index in [1.54, 1.807) is 0 Å². The van der Waals surface area contributed by atoms with Crippen LogP contribution in [0.1, 0.15) is 120 Å². The molecule has 0 saturated heterocycles. The molecule has 0 aliphatic carbocycles. The molecule has 4 amide bonds. The molecule has 9 aromatic carbocycles. The second-order valence-corrected chi connectivity index (χ2v) is 19.6. The Morgan fingerprint density at radius 1 is 0.329 bits per heavy atom. The van der Waals surface area contributed by atoms with E-state index in [1.165, 1.54) is 9.80 Å². The lowest BCUT2D eigenvalue weighted by atomic mass is 9.74. The molecule has 2 heterocycles. The van der Waals surface area contributed by atoms with Gasteiger partial charge in [0.05, 0.1) is 0 Å². The largest absolute Gasteiger partial charge is 0.274 e. The van der Waals surface area contributed by atoms with Crippen molar-refractivity contribution in [3.05, 3.63) is 168 Å². The maximum absolute atomic E-state index is 15.4. The summed E-state index contributed by atoms with van der Waals surface area (Å²) in [6, 6.07) is 49.0. The van der Waals surface area contributed by atoms with Gasteiger partial charge in [-0.05, 0) is 115 Å². The van der Waals surface area contributed by atoms with Crippen LogP contribution in [0.2, 0.25) is 0 Å². The van der Waals surface area contributed by atoms with E-state index in [1.807, 2.05) is 97.1 Å². The van der Waals surface area contributed by atoms with Crippen LogP contribution >= 0.6 is 0 Å². The highest BCUT2D eigenvalue weighted by atomic mass is 16.2. The number of carbonyl (C=O) groups excluding carboxylic acids is 4. The smallest absolute Gasteiger partial charge is 0.261 e. The number of amides is 4. The Kier molecular flexibility index (Phi) is 11.9. The highest BCUT2D eigenvalue weighted by Gasteiger charge is 2.41. The SMILES string of the molecule is CCCCC(CC)CN1C(=O)c2cc(-c3ccccc3)c3c4c(-c5ccccc5)cc5c6c(cc(-c7ccccc7)c(c7c(-c8ccccc8)cc(c2c37)C1=O)c64)C(=O)N(CC(CC)CCCC)C5=O. The zero-order valence-electron chi connectivity index (χ0n) is 40.6. The van der Waals surface area contributed by atoms with E-state index >= 15 is 19.2 Å².